The maximum atomic E-state index is 5.86. The zero-order valence-electron chi connectivity index (χ0n) is 10.7. The van der Waals surface area contributed by atoms with E-state index in [0.29, 0.717) is 17.8 Å². The van der Waals surface area contributed by atoms with Gasteiger partial charge in [-0.3, -0.25) is 0 Å². The average Bonchev–Trinajstić information content (AvgIpc) is 2.39. The van der Waals surface area contributed by atoms with Crippen molar-refractivity contribution in [2.75, 3.05) is 24.4 Å². The van der Waals surface area contributed by atoms with Gasteiger partial charge < -0.3 is 9.64 Å². The number of anilines is 1. The van der Waals surface area contributed by atoms with E-state index in [1.54, 1.807) is 7.11 Å². The fourth-order valence-corrected chi connectivity index (χ4v) is 2.09. The Kier molecular flexibility index (Phi) is 6.05. The van der Waals surface area contributed by atoms with Crippen LogP contribution in [0.5, 0.6) is 5.88 Å². The second kappa shape index (κ2) is 7.33. The zero-order valence-corrected chi connectivity index (χ0v) is 11.4. The zero-order chi connectivity index (χ0) is 12.7. The summed E-state index contributed by atoms with van der Waals surface area (Å²) >= 11 is 5.86. The molecule has 1 rings (SSSR count). The topological polar surface area (TPSA) is 38.2 Å². The molecule has 0 unspecified atom stereocenters. The number of aromatic nitrogens is 2. The molecule has 4 nitrogen and oxygen atoms in total. The Hall–Kier alpha value is -1.03. The number of hydrogen-bond donors (Lipinski definition) is 0. The SMILES string of the molecule is CCC(CC)N(CCCl)c1cc(OC)ncn1. The number of methoxy groups -OCH3 is 1. The third kappa shape index (κ3) is 3.73. The molecule has 0 bridgehead atoms. The number of rotatable bonds is 7. The van der Waals surface area contributed by atoms with Crippen molar-refractivity contribution in [1.82, 2.24) is 9.97 Å². The Morgan fingerprint density at radius 1 is 1.35 bits per heavy atom. The lowest BCUT2D eigenvalue weighted by Crippen LogP contribution is -2.36. The molecular formula is C12H20ClN3O. The molecule has 0 atom stereocenters. The second-order valence-electron chi connectivity index (χ2n) is 3.77. The minimum atomic E-state index is 0.452. The van der Waals surface area contributed by atoms with Crippen molar-refractivity contribution in [3.8, 4) is 5.88 Å². The van der Waals surface area contributed by atoms with E-state index in [4.69, 9.17) is 16.3 Å². The van der Waals surface area contributed by atoms with Crippen molar-refractivity contribution >= 4 is 17.4 Å². The quantitative estimate of drug-likeness (QED) is 0.704. The normalized spacial score (nSPS) is 10.6. The van der Waals surface area contributed by atoms with Crippen molar-refractivity contribution in [1.29, 1.82) is 0 Å². The van der Waals surface area contributed by atoms with Gasteiger partial charge in [-0.2, -0.15) is 0 Å². The highest BCUT2D eigenvalue weighted by molar-refractivity contribution is 6.18. The van der Waals surface area contributed by atoms with Gasteiger partial charge in [0, 0.05) is 24.5 Å². The van der Waals surface area contributed by atoms with Crippen LogP contribution in [-0.4, -0.2) is 35.5 Å². The highest BCUT2D eigenvalue weighted by Crippen LogP contribution is 2.20. The summed E-state index contributed by atoms with van der Waals surface area (Å²) in [5.41, 5.74) is 0. The fraction of sp³-hybridized carbons (Fsp3) is 0.667. The Balaban J connectivity index is 2.94. The molecule has 0 spiro atoms. The van der Waals surface area contributed by atoms with E-state index in [1.807, 2.05) is 6.07 Å². The molecule has 17 heavy (non-hydrogen) atoms. The van der Waals surface area contributed by atoms with Gasteiger partial charge in [0.1, 0.15) is 12.1 Å². The first-order chi connectivity index (χ1) is 8.26. The molecule has 0 radical (unpaired) electrons. The molecule has 1 aromatic rings. The summed E-state index contributed by atoms with van der Waals surface area (Å²) in [6.07, 6.45) is 3.66. The standard InChI is InChI=1S/C12H20ClN3O/c1-4-10(5-2)16(7-6-13)11-8-12(17-3)15-9-14-11/h8-10H,4-7H2,1-3H3. The lowest BCUT2D eigenvalue weighted by molar-refractivity contribution is 0.396. The Bertz CT molecular complexity index is 331. The highest BCUT2D eigenvalue weighted by Gasteiger charge is 2.17. The second-order valence-corrected chi connectivity index (χ2v) is 4.15. The maximum absolute atomic E-state index is 5.86. The number of halogens is 1. The molecule has 1 heterocycles. The predicted molar refractivity (Wildman–Crippen MR) is 71.0 cm³/mol. The van der Waals surface area contributed by atoms with Crippen molar-refractivity contribution in [2.45, 2.75) is 32.7 Å². The van der Waals surface area contributed by atoms with E-state index in [1.165, 1.54) is 6.33 Å². The summed E-state index contributed by atoms with van der Waals surface area (Å²) in [4.78, 5) is 10.5. The summed E-state index contributed by atoms with van der Waals surface area (Å²) in [5, 5.41) is 0. The number of ether oxygens (including phenoxy) is 1. The predicted octanol–water partition coefficient (Wildman–Crippen LogP) is 2.72. The third-order valence-corrected chi connectivity index (χ3v) is 3.01. The van der Waals surface area contributed by atoms with Crippen molar-refractivity contribution in [2.24, 2.45) is 0 Å². The van der Waals surface area contributed by atoms with Gasteiger partial charge >= 0.3 is 0 Å². The van der Waals surface area contributed by atoms with Gasteiger partial charge in [0.05, 0.1) is 7.11 Å². The Labute approximate surface area is 108 Å². The lowest BCUT2D eigenvalue weighted by Gasteiger charge is -2.30. The van der Waals surface area contributed by atoms with Crippen LogP contribution in [0.3, 0.4) is 0 Å². The molecule has 96 valence electrons. The van der Waals surface area contributed by atoms with Gasteiger partial charge in [-0.25, -0.2) is 9.97 Å². The first-order valence-corrected chi connectivity index (χ1v) is 6.48. The van der Waals surface area contributed by atoms with Gasteiger partial charge in [-0.05, 0) is 12.8 Å². The minimum Gasteiger partial charge on any atom is -0.481 e. The van der Waals surface area contributed by atoms with Crippen LogP contribution in [0.2, 0.25) is 0 Å². The van der Waals surface area contributed by atoms with Crippen LogP contribution >= 0.6 is 11.6 Å². The van der Waals surface area contributed by atoms with Crippen LogP contribution in [0, 0.1) is 0 Å². The van der Waals surface area contributed by atoms with E-state index in [9.17, 15) is 0 Å². The number of nitrogens with zero attached hydrogens (tertiary/aromatic N) is 3. The molecule has 0 saturated carbocycles. The van der Waals surface area contributed by atoms with E-state index < -0.39 is 0 Å². The summed E-state index contributed by atoms with van der Waals surface area (Å²) in [5.74, 6) is 2.05. The van der Waals surface area contributed by atoms with Gasteiger partial charge in [-0.1, -0.05) is 13.8 Å². The molecule has 0 aliphatic heterocycles. The minimum absolute atomic E-state index is 0.452. The van der Waals surface area contributed by atoms with Crippen LogP contribution in [0.15, 0.2) is 12.4 Å². The Morgan fingerprint density at radius 3 is 2.59 bits per heavy atom. The van der Waals surface area contributed by atoms with E-state index in [2.05, 4.69) is 28.7 Å². The lowest BCUT2D eigenvalue weighted by atomic mass is 10.1. The summed E-state index contributed by atoms with van der Waals surface area (Å²) in [7, 11) is 1.61. The van der Waals surface area contributed by atoms with Crippen LogP contribution in [0.25, 0.3) is 0 Å². The first-order valence-electron chi connectivity index (χ1n) is 5.95. The molecule has 0 amide bonds. The molecule has 0 aliphatic rings. The molecule has 5 heteroatoms. The Morgan fingerprint density at radius 2 is 2.06 bits per heavy atom. The van der Waals surface area contributed by atoms with Gasteiger partial charge in [-0.15, -0.1) is 11.6 Å². The van der Waals surface area contributed by atoms with Crippen molar-refractivity contribution < 1.29 is 4.74 Å². The monoisotopic (exact) mass is 257 g/mol. The van der Waals surface area contributed by atoms with Gasteiger partial charge in [0.2, 0.25) is 5.88 Å². The highest BCUT2D eigenvalue weighted by atomic mass is 35.5. The van der Waals surface area contributed by atoms with Gasteiger partial charge in [0.15, 0.2) is 0 Å². The summed E-state index contributed by atoms with van der Waals surface area (Å²) in [6.45, 7) is 5.13. The molecule has 0 fully saturated rings. The van der Waals surface area contributed by atoms with Crippen LogP contribution in [-0.2, 0) is 0 Å². The van der Waals surface area contributed by atoms with Crippen molar-refractivity contribution in [3.63, 3.8) is 0 Å². The van der Waals surface area contributed by atoms with Crippen LogP contribution in [0.4, 0.5) is 5.82 Å². The molecule has 0 aromatic carbocycles. The van der Waals surface area contributed by atoms with E-state index in [0.717, 1.165) is 25.2 Å². The first kappa shape index (κ1) is 14.0. The average molecular weight is 258 g/mol. The summed E-state index contributed by atoms with van der Waals surface area (Å²) < 4.78 is 5.12. The molecule has 1 aromatic heterocycles. The smallest absolute Gasteiger partial charge is 0.218 e. The van der Waals surface area contributed by atoms with Crippen LogP contribution < -0.4 is 9.64 Å². The van der Waals surface area contributed by atoms with Gasteiger partial charge in [0.25, 0.3) is 0 Å². The number of alkyl halides is 1. The summed E-state index contributed by atoms with van der Waals surface area (Å²) in [6, 6.07) is 2.30. The maximum Gasteiger partial charge on any atom is 0.218 e. The largest absolute Gasteiger partial charge is 0.481 e. The number of hydrogen-bond acceptors (Lipinski definition) is 4. The van der Waals surface area contributed by atoms with Crippen LogP contribution in [0.1, 0.15) is 26.7 Å². The molecule has 0 saturated heterocycles. The molecule has 0 aliphatic carbocycles. The third-order valence-electron chi connectivity index (χ3n) is 2.84. The molecule has 0 N–H and O–H groups in total. The van der Waals surface area contributed by atoms with E-state index in [-0.39, 0.29) is 0 Å². The molecular weight excluding hydrogens is 238 g/mol. The van der Waals surface area contributed by atoms with E-state index >= 15 is 0 Å². The van der Waals surface area contributed by atoms with Crippen molar-refractivity contribution in [3.05, 3.63) is 12.4 Å². The fourth-order valence-electron chi connectivity index (χ4n) is 1.90.